The number of rotatable bonds is 6. The highest BCUT2D eigenvalue weighted by Gasteiger charge is 2.28. The van der Waals surface area contributed by atoms with Crippen molar-refractivity contribution in [1.29, 1.82) is 0 Å². The van der Waals surface area contributed by atoms with Crippen molar-refractivity contribution in [2.75, 3.05) is 27.0 Å². The van der Waals surface area contributed by atoms with Gasteiger partial charge in [0.25, 0.3) is 0 Å². The summed E-state index contributed by atoms with van der Waals surface area (Å²) >= 11 is 1.32. The van der Waals surface area contributed by atoms with Crippen LogP contribution in [0.5, 0.6) is 5.75 Å². The molecule has 1 aromatic carbocycles. The minimum absolute atomic E-state index is 0.0249. The first-order valence-corrected chi connectivity index (χ1v) is 8.46. The van der Waals surface area contributed by atoms with Gasteiger partial charge in [-0.15, -0.1) is 10.2 Å². The number of ether oxygens (including phenoxy) is 1. The van der Waals surface area contributed by atoms with Crippen LogP contribution < -0.4 is 10.6 Å². The van der Waals surface area contributed by atoms with Gasteiger partial charge in [0.2, 0.25) is 11.1 Å². The fraction of sp³-hybridized carbons (Fsp3) is 0.438. The average Bonchev–Trinajstić information content (AvgIpc) is 2.92. The van der Waals surface area contributed by atoms with Gasteiger partial charge in [0.1, 0.15) is 5.75 Å². The van der Waals surface area contributed by atoms with Gasteiger partial charge in [0, 0.05) is 14.1 Å². The molecular weight excluding hydrogens is 326 g/mol. The highest BCUT2D eigenvalue weighted by Crippen LogP contribution is 2.32. The Kier molecular flexibility index (Phi) is 5.71. The van der Waals surface area contributed by atoms with E-state index >= 15 is 0 Å². The van der Waals surface area contributed by atoms with Crippen LogP contribution in [0.2, 0.25) is 0 Å². The van der Waals surface area contributed by atoms with Crippen LogP contribution in [0.15, 0.2) is 29.4 Å². The molecule has 0 saturated carbocycles. The molecule has 24 heavy (non-hydrogen) atoms. The molecule has 0 bridgehead atoms. The number of aromatic nitrogens is 3. The molecule has 1 unspecified atom stereocenters. The number of amides is 1. The smallest absolute Gasteiger partial charge is 0.235 e. The van der Waals surface area contributed by atoms with Crippen molar-refractivity contribution in [3.63, 3.8) is 0 Å². The molecule has 1 heterocycles. The summed E-state index contributed by atoms with van der Waals surface area (Å²) in [6, 6.07) is 7.46. The number of carbonyl (C=O) groups excluding carboxylic acids is 1. The first-order chi connectivity index (χ1) is 11.4. The standard InChI is InChI=1S/C16H23N5O2S/c1-10(2)13(15(22)20(3)4)24-16-19-18-14(21(16)17)11-8-6-7-9-12(11)23-5/h6-10,13H,17H2,1-5H3. The topological polar surface area (TPSA) is 86.3 Å². The summed E-state index contributed by atoms with van der Waals surface area (Å²) in [5, 5.41) is 8.54. The predicted octanol–water partition coefficient (Wildman–Crippen LogP) is 1.87. The van der Waals surface area contributed by atoms with Crippen molar-refractivity contribution in [1.82, 2.24) is 19.8 Å². The van der Waals surface area contributed by atoms with Gasteiger partial charge in [0.15, 0.2) is 5.82 Å². The Balaban J connectivity index is 2.34. The molecule has 0 saturated heterocycles. The third kappa shape index (κ3) is 3.64. The van der Waals surface area contributed by atoms with Crippen molar-refractivity contribution in [3.8, 4) is 17.1 Å². The molecule has 1 atom stereocenters. The van der Waals surface area contributed by atoms with Crippen LogP contribution in [-0.4, -0.2) is 52.1 Å². The van der Waals surface area contributed by atoms with Crippen molar-refractivity contribution >= 4 is 17.7 Å². The molecule has 2 aromatic rings. The number of benzene rings is 1. The second-order valence-electron chi connectivity index (χ2n) is 5.89. The van der Waals surface area contributed by atoms with E-state index in [0.717, 1.165) is 5.56 Å². The van der Waals surface area contributed by atoms with Crippen LogP contribution in [-0.2, 0) is 4.79 Å². The highest BCUT2D eigenvalue weighted by molar-refractivity contribution is 8.00. The lowest BCUT2D eigenvalue weighted by Crippen LogP contribution is -2.35. The Hall–Kier alpha value is -2.22. The van der Waals surface area contributed by atoms with Gasteiger partial charge < -0.3 is 15.5 Å². The number of carbonyl (C=O) groups is 1. The Morgan fingerprint density at radius 2 is 1.96 bits per heavy atom. The van der Waals surface area contributed by atoms with Crippen LogP contribution in [0.3, 0.4) is 0 Å². The normalized spacial score (nSPS) is 12.2. The zero-order valence-corrected chi connectivity index (χ0v) is 15.4. The number of thioether (sulfide) groups is 1. The largest absolute Gasteiger partial charge is 0.496 e. The lowest BCUT2D eigenvalue weighted by molar-refractivity contribution is -0.128. The minimum Gasteiger partial charge on any atom is -0.496 e. The van der Waals surface area contributed by atoms with Crippen LogP contribution in [0.1, 0.15) is 13.8 Å². The first-order valence-electron chi connectivity index (χ1n) is 7.58. The van der Waals surface area contributed by atoms with Crippen molar-refractivity contribution in [3.05, 3.63) is 24.3 Å². The third-order valence-electron chi connectivity index (χ3n) is 3.53. The van der Waals surface area contributed by atoms with E-state index in [0.29, 0.717) is 16.7 Å². The quantitative estimate of drug-likeness (QED) is 0.633. The Morgan fingerprint density at radius 3 is 2.54 bits per heavy atom. The van der Waals surface area contributed by atoms with Crippen LogP contribution in [0, 0.1) is 5.92 Å². The van der Waals surface area contributed by atoms with Crippen LogP contribution in [0.25, 0.3) is 11.4 Å². The molecule has 0 aliphatic heterocycles. The van der Waals surface area contributed by atoms with E-state index in [4.69, 9.17) is 10.6 Å². The second-order valence-corrected chi connectivity index (χ2v) is 7.00. The van der Waals surface area contributed by atoms with Crippen LogP contribution in [0.4, 0.5) is 0 Å². The fourth-order valence-corrected chi connectivity index (χ4v) is 3.31. The van der Waals surface area contributed by atoms with E-state index in [-0.39, 0.29) is 17.1 Å². The zero-order chi connectivity index (χ0) is 17.9. The molecule has 0 fully saturated rings. The molecule has 130 valence electrons. The number of methoxy groups -OCH3 is 1. The summed E-state index contributed by atoms with van der Waals surface area (Å²) in [5.41, 5.74) is 0.752. The van der Waals surface area contributed by atoms with Gasteiger partial charge in [-0.2, -0.15) is 0 Å². The molecule has 1 amide bonds. The summed E-state index contributed by atoms with van der Waals surface area (Å²) in [6.07, 6.45) is 0. The SMILES string of the molecule is COc1ccccc1-c1nnc(SC(C(=O)N(C)C)C(C)C)n1N. The van der Waals surface area contributed by atoms with Gasteiger partial charge in [-0.3, -0.25) is 4.79 Å². The average molecular weight is 349 g/mol. The molecule has 0 aliphatic carbocycles. The van der Waals surface area contributed by atoms with E-state index in [1.807, 2.05) is 38.1 Å². The lowest BCUT2D eigenvalue weighted by Gasteiger charge is -2.22. The number of hydrogen-bond donors (Lipinski definition) is 1. The Morgan fingerprint density at radius 1 is 1.29 bits per heavy atom. The maximum Gasteiger partial charge on any atom is 0.235 e. The summed E-state index contributed by atoms with van der Waals surface area (Å²) in [5.74, 6) is 7.49. The van der Waals surface area contributed by atoms with E-state index in [1.165, 1.54) is 16.4 Å². The van der Waals surface area contributed by atoms with Crippen molar-refractivity contribution in [2.45, 2.75) is 24.3 Å². The Bertz CT molecular complexity index is 714. The molecule has 7 nitrogen and oxygen atoms in total. The first kappa shape index (κ1) is 18.1. The van der Waals surface area contributed by atoms with Crippen molar-refractivity contribution in [2.24, 2.45) is 5.92 Å². The maximum atomic E-state index is 12.4. The van der Waals surface area contributed by atoms with Gasteiger partial charge in [-0.25, -0.2) is 4.68 Å². The molecule has 1 aromatic heterocycles. The predicted molar refractivity (Wildman–Crippen MR) is 95.3 cm³/mol. The highest BCUT2D eigenvalue weighted by atomic mass is 32.2. The second kappa shape index (κ2) is 7.57. The molecule has 0 radical (unpaired) electrons. The Labute approximate surface area is 146 Å². The summed E-state index contributed by atoms with van der Waals surface area (Å²) in [6.45, 7) is 3.99. The van der Waals surface area contributed by atoms with E-state index in [1.54, 1.807) is 26.1 Å². The van der Waals surface area contributed by atoms with E-state index in [9.17, 15) is 4.79 Å². The molecular formula is C16H23N5O2S. The van der Waals surface area contributed by atoms with Gasteiger partial charge in [-0.1, -0.05) is 37.7 Å². The number of hydrogen-bond acceptors (Lipinski definition) is 6. The van der Waals surface area contributed by atoms with Gasteiger partial charge >= 0.3 is 0 Å². The van der Waals surface area contributed by atoms with Gasteiger partial charge in [-0.05, 0) is 18.1 Å². The number of nitrogens with zero attached hydrogens (tertiary/aromatic N) is 4. The molecule has 0 spiro atoms. The monoisotopic (exact) mass is 349 g/mol. The summed E-state index contributed by atoms with van der Waals surface area (Å²) < 4.78 is 6.75. The third-order valence-corrected chi connectivity index (χ3v) is 5.02. The zero-order valence-electron chi connectivity index (χ0n) is 14.6. The van der Waals surface area contributed by atoms with Gasteiger partial charge in [0.05, 0.1) is 17.9 Å². The number of nitrogen functional groups attached to an aromatic ring is 1. The molecule has 0 aliphatic rings. The summed E-state index contributed by atoms with van der Waals surface area (Å²) in [4.78, 5) is 13.9. The number of nitrogens with two attached hydrogens (primary N) is 1. The van der Waals surface area contributed by atoms with Crippen LogP contribution >= 0.6 is 11.8 Å². The minimum atomic E-state index is -0.281. The fourth-order valence-electron chi connectivity index (χ4n) is 2.21. The molecule has 2 rings (SSSR count). The lowest BCUT2D eigenvalue weighted by atomic mass is 10.1. The van der Waals surface area contributed by atoms with Crippen molar-refractivity contribution < 1.29 is 9.53 Å². The van der Waals surface area contributed by atoms with E-state index in [2.05, 4.69) is 10.2 Å². The van der Waals surface area contributed by atoms with E-state index < -0.39 is 0 Å². The maximum absolute atomic E-state index is 12.4. The molecule has 8 heteroatoms. The number of para-hydroxylation sites is 1. The summed E-state index contributed by atoms with van der Waals surface area (Å²) in [7, 11) is 5.08. The molecule has 2 N–H and O–H groups in total.